The van der Waals surface area contributed by atoms with Crippen molar-refractivity contribution in [3.63, 3.8) is 0 Å². The second-order valence-electron chi connectivity index (χ2n) is 4.78. The van der Waals surface area contributed by atoms with Gasteiger partial charge in [0, 0.05) is 12.2 Å². The van der Waals surface area contributed by atoms with E-state index in [1.165, 1.54) is 0 Å². The number of hydrogen-bond acceptors (Lipinski definition) is 4. The smallest absolute Gasteiger partial charge is 0.286 e. The van der Waals surface area contributed by atoms with Crippen LogP contribution in [-0.4, -0.2) is 24.4 Å². The number of benzene rings is 1. The van der Waals surface area contributed by atoms with Gasteiger partial charge in [0.05, 0.1) is 16.0 Å². The van der Waals surface area contributed by atoms with Gasteiger partial charge in [-0.25, -0.2) is 0 Å². The molecule has 1 aliphatic heterocycles. The fraction of sp³-hybridized carbons (Fsp3) is 0.571. The summed E-state index contributed by atoms with van der Waals surface area (Å²) >= 11 is 3.23. The highest BCUT2D eigenvalue weighted by molar-refractivity contribution is 9.10. The van der Waals surface area contributed by atoms with Gasteiger partial charge < -0.3 is 9.47 Å². The summed E-state index contributed by atoms with van der Waals surface area (Å²) in [5.41, 5.74) is 0.888. The van der Waals surface area contributed by atoms with Gasteiger partial charge in [0.15, 0.2) is 6.29 Å². The molecule has 0 aliphatic carbocycles. The Morgan fingerprint density at radius 1 is 1.45 bits per heavy atom. The van der Waals surface area contributed by atoms with E-state index in [1.54, 1.807) is 12.1 Å². The predicted molar refractivity (Wildman–Crippen MR) is 78.7 cm³/mol. The van der Waals surface area contributed by atoms with Crippen LogP contribution in [-0.2, 0) is 15.9 Å². The van der Waals surface area contributed by atoms with Gasteiger partial charge in [-0.1, -0.05) is 12.1 Å². The monoisotopic (exact) mass is 343 g/mol. The maximum absolute atomic E-state index is 11.0. The van der Waals surface area contributed by atoms with Crippen LogP contribution in [0, 0.1) is 10.1 Å². The lowest BCUT2D eigenvalue weighted by Gasteiger charge is -2.22. The largest absolute Gasteiger partial charge is 0.353 e. The molecule has 0 N–H and O–H groups in total. The molecule has 0 bridgehead atoms. The molecular formula is C14H18BrNO4. The lowest BCUT2D eigenvalue weighted by atomic mass is 10.1. The van der Waals surface area contributed by atoms with Crippen molar-refractivity contribution in [2.75, 3.05) is 13.2 Å². The van der Waals surface area contributed by atoms with Gasteiger partial charge in [0.2, 0.25) is 0 Å². The Kier molecular flexibility index (Phi) is 5.94. The Morgan fingerprint density at radius 3 is 3.00 bits per heavy atom. The molecule has 0 amide bonds. The Morgan fingerprint density at radius 2 is 2.30 bits per heavy atom. The lowest BCUT2D eigenvalue weighted by molar-refractivity contribution is -0.386. The van der Waals surface area contributed by atoms with E-state index in [9.17, 15) is 10.1 Å². The van der Waals surface area contributed by atoms with Crippen molar-refractivity contribution in [2.24, 2.45) is 0 Å². The van der Waals surface area contributed by atoms with Crippen molar-refractivity contribution in [2.45, 2.75) is 38.4 Å². The molecule has 110 valence electrons. The van der Waals surface area contributed by atoms with E-state index in [0.29, 0.717) is 17.5 Å². The van der Waals surface area contributed by atoms with Crippen molar-refractivity contribution in [1.29, 1.82) is 0 Å². The summed E-state index contributed by atoms with van der Waals surface area (Å²) in [6.45, 7) is 1.33. The van der Waals surface area contributed by atoms with Crippen LogP contribution in [0.2, 0.25) is 0 Å². The maximum Gasteiger partial charge on any atom is 0.286 e. The second-order valence-corrected chi connectivity index (χ2v) is 5.63. The molecule has 6 heteroatoms. The lowest BCUT2D eigenvalue weighted by Crippen LogP contribution is -2.22. The van der Waals surface area contributed by atoms with E-state index >= 15 is 0 Å². The molecule has 1 aliphatic rings. The predicted octanol–water partition coefficient (Wildman–Crippen LogP) is 3.83. The number of nitro groups is 1. The first-order valence-corrected chi connectivity index (χ1v) is 7.63. The Hall–Kier alpha value is -0.980. The van der Waals surface area contributed by atoms with Gasteiger partial charge in [0.25, 0.3) is 5.69 Å². The number of para-hydroxylation sites is 1. The van der Waals surface area contributed by atoms with Crippen LogP contribution in [0.1, 0.15) is 31.2 Å². The minimum absolute atomic E-state index is 0.0961. The summed E-state index contributed by atoms with van der Waals surface area (Å²) in [4.78, 5) is 10.7. The molecule has 1 fully saturated rings. The zero-order valence-electron chi connectivity index (χ0n) is 11.2. The quantitative estimate of drug-likeness (QED) is 0.447. The summed E-state index contributed by atoms with van der Waals surface area (Å²) in [6.07, 6.45) is 4.46. The number of nitrogens with zero attached hydrogens (tertiary/aromatic N) is 1. The van der Waals surface area contributed by atoms with Crippen molar-refractivity contribution >= 4 is 21.6 Å². The molecule has 1 aromatic rings. The zero-order valence-corrected chi connectivity index (χ0v) is 12.8. The molecule has 1 saturated heterocycles. The van der Waals surface area contributed by atoms with Crippen LogP contribution in [0.15, 0.2) is 22.7 Å². The van der Waals surface area contributed by atoms with Crippen LogP contribution in [0.25, 0.3) is 0 Å². The Labute approximate surface area is 126 Å². The van der Waals surface area contributed by atoms with Gasteiger partial charge in [0.1, 0.15) is 0 Å². The van der Waals surface area contributed by atoms with E-state index in [2.05, 4.69) is 15.9 Å². The average Bonchev–Trinajstić information content (AvgIpc) is 2.44. The van der Waals surface area contributed by atoms with Crippen LogP contribution in [0.4, 0.5) is 5.69 Å². The molecule has 20 heavy (non-hydrogen) atoms. The highest BCUT2D eigenvalue weighted by atomic mass is 79.9. The fourth-order valence-corrected chi connectivity index (χ4v) is 2.84. The zero-order chi connectivity index (χ0) is 14.4. The summed E-state index contributed by atoms with van der Waals surface area (Å²) in [5, 5.41) is 11.0. The van der Waals surface area contributed by atoms with Crippen LogP contribution < -0.4 is 0 Å². The SMILES string of the molecule is O=[N+]([O-])c1c(Br)cccc1CCCOC1CCCCO1. The molecule has 0 spiro atoms. The first-order valence-electron chi connectivity index (χ1n) is 6.83. The van der Waals surface area contributed by atoms with Gasteiger partial charge >= 0.3 is 0 Å². The number of aryl methyl sites for hydroxylation is 1. The summed E-state index contributed by atoms with van der Waals surface area (Å²) in [7, 11) is 0. The van der Waals surface area contributed by atoms with Crippen LogP contribution in [0.5, 0.6) is 0 Å². The van der Waals surface area contributed by atoms with Gasteiger partial charge in [-0.15, -0.1) is 0 Å². The molecule has 1 aromatic carbocycles. The molecule has 1 heterocycles. The first kappa shape index (κ1) is 15.4. The highest BCUT2D eigenvalue weighted by Crippen LogP contribution is 2.29. The molecule has 0 saturated carbocycles. The molecule has 1 unspecified atom stereocenters. The normalized spacial score (nSPS) is 18.9. The van der Waals surface area contributed by atoms with E-state index in [1.807, 2.05) is 6.07 Å². The van der Waals surface area contributed by atoms with Gasteiger partial charge in [-0.2, -0.15) is 0 Å². The van der Waals surface area contributed by atoms with E-state index in [4.69, 9.17) is 9.47 Å². The summed E-state index contributed by atoms with van der Waals surface area (Å²) in [5.74, 6) is 0. The number of rotatable bonds is 6. The topological polar surface area (TPSA) is 61.6 Å². The number of hydrogen-bond donors (Lipinski definition) is 0. The third kappa shape index (κ3) is 4.26. The standard InChI is InChI=1S/C14H18BrNO4/c15-12-7-3-5-11(14(12)16(17)18)6-4-10-20-13-8-1-2-9-19-13/h3,5,7,13H,1-2,4,6,8-10H2. The van der Waals surface area contributed by atoms with Gasteiger partial charge in [-0.3, -0.25) is 10.1 Å². The third-order valence-electron chi connectivity index (χ3n) is 3.29. The van der Waals surface area contributed by atoms with Crippen molar-refractivity contribution in [1.82, 2.24) is 0 Å². The molecule has 2 rings (SSSR count). The van der Waals surface area contributed by atoms with Gasteiger partial charge in [-0.05, 0) is 54.1 Å². The van der Waals surface area contributed by atoms with Crippen LogP contribution >= 0.6 is 15.9 Å². The molecule has 0 radical (unpaired) electrons. The van der Waals surface area contributed by atoms with E-state index < -0.39 is 0 Å². The minimum atomic E-state index is -0.343. The van der Waals surface area contributed by atoms with E-state index in [0.717, 1.165) is 37.9 Å². The number of ether oxygens (including phenoxy) is 2. The molecular weight excluding hydrogens is 326 g/mol. The summed E-state index contributed by atoms with van der Waals surface area (Å²) in [6, 6.07) is 5.30. The number of nitro benzene ring substituents is 1. The third-order valence-corrected chi connectivity index (χ3v) is 3.92. The summed E-state index contributed by atoms with van der Waals surface area (Å²) < 4.78 is 11.6. The van der Waals surface area contributed by atoms with E-state index in [-0.39, 0.29) is 16.9 Å². The molecule has 5 nitrogen and oxygen atoms in total. The molecule has 1 atom stereocenters. The van der Waals surface area contributed by atoms with Crippen molar-refractivity contribution in [3.05, 3.63) is 38.3 Å². The second kappa shape index (κ2) is 7.71. The average molecular weight is 344 g/mol. The minimum Gasteiger partial charge on any atom is -0.353 e. The Bertz CT molecular complexity index is 460. The Balaban J connectivity index is 1.82. The van der Waals surface area contributed by atoms with Crippen LogP contribution in [0.3, 0.4) is 0 Å². The van der Waals surface area contributed by atoms with Crippen molar-refractivity contribution < 1.29 is 14.4 Å². The molecule has 0 aromatic heterocycles. The highest BCUT2D eigenvalue weighted by Gasteiger charge is 2.18. The maximum atomic E-state index is 11.0. The van der Waals surface area contributed by atoms with Crippen molar-refractivity contribution in [3.8, 4) is 0 Å². The number of halogens is 1. The first-order chi connectivity index (χ1) is 9.68. The fourth-order valence-electron chi connectivity index (χ4n) is 2.29.